The van der Waals surface area contributed by atoms with Gasteiger partial charge >= 0.3 is 0 Å². The van der Waals surface area contributed by atoms with Crippen LogP contribution in [-0.2, 0) is 0 Å². The van der Waals surface area contributed by atoms with Crippen molar-refractivity contribution in [2.75, 3.05) is 0 Å². The molecule has 1 aliphatic rings. The van der Waals surface area contributed by atoms with Gasteiger partial charge in [-0.3, -0.25) is 0 Å². The van der Waals surface area contributed by atoms with Crippen LogP contribution in [0.2, 0.25) is 0 Å². The van der Waals surface area contributed by atoms with E-state index in [4.69, 9.17) is 0 Å². The molecule has 1 heterocycles. The van der Waals surface area contributed by atoms with Gasteiger partial charge in [0.05, 0.1) is 11.1 Å². The summed E-state index contributed by atoms with van der Waals surface area (Å²) in [6, 6.07) is 10.6. The highest BCUT2D eigenvalue weighted by molar-refractivity contribution is 9.10. The molecule has 1 aliphatic carbocycles. The molecule has 0 spiro atoms. The smallest absolute Gasteiger partial charge is 0.151 e. The maximum atomic E-state index is 14.0. The van der Waals surface area contributed by atoms with Crippen LogP contribution in [0.1, 0.15) is 18.9 Å². The molecule has 5 heteroatoms. The van der Waals surface area contributed by atoms with Crippen LogP contribution >= 0.6 is 15.9 Å². The number of phenolic OH excluding ortho intramolecular Hbond substituents is 1. The van der Waals surface area contributed by atoms with Gasteiger partial charge in [-0.1, -0.05) is 22.0 Å². The molecule has 21 heavy (non-hydrogen) atoms. The van der Waals surface area contributed by atoms with Gasteiger partial charge in [0.25, 0.3) is 0 Å². The molecule has 0 amide bonds. The Morgan fingerprint density at radius 1 is 1.24 bits per heavy atom. The van der Waals surface area contributed by atoms with Crippen molar-refractivity contribution in [3.05, 3.63) is 46.7 Å². The first kappa shape index (κ1) is 12.8. The van der Waals surface area contributed by atoms with Gasteiger partial charge < -0.3 is 9.67 Å². The Balaban J connectivity index is 2.03. The van der Waals surface area contributed by atoms with Crippen molar-refractivity contribution in [2.24, 2.45) is 0 Å². The molecule has 0 radical (unpaired) electrons. The van der Waals surface area contributed by atoms with Gasteiger partial charge in [0, 0.05) is 10.5 Å². The summed E-state index contributed by atoms with van der Waals surface area (Å²) in [5, 5.41) is 10.2. The van der Waals surface area contributed by atoms with Gasteiger partial charge in [-0.2, -0.15) is 0 Å². The van der Waals surface area contributed by atoms with E-state index in [0.717, 1.165) is 22.8 Å². The lowest BCUT2D eigenvalue weighted by Crippen LogP contribution is -1.97. The van der Waals surface area contributed by atoms with Crippen LogP contribution < -0.4 is 0 Å². The van der Waals surface area contributed by atoms with E-state index < -0.39 is 0 Å². The summed E-state index contributed by atoms with van der Waals surface area (Å²) in [6.07, 6.45) is 2.12. The number of nitrogens with zero attached hydrogens (tertiary/aromatic N) is 2. The Bertz CT molecular complexity index is 855. The number of phenols is 1. The van der Waals surface area contributed by atoms with Crippen molar-refractivity contribution in [3.8, 4) is 17.1 Å². The second-order valence-corrected chi connectivity index (χ2v) is 6.22. The van der Waals surface area contributed by atoms with E-state index in [1.165, 1.54) is 6.07 Å². The SMILES string of the molecule is Oc1cc(Br)ccc1-c1nc2c(F)cccc2n1C1CC1. The van der Waals surface area contributed by atoms with Crippen LogP contribution in [0.15, 0.2) is 40.9 Å². The normalized spacial score (nSPS) is 14.8. The number of imidazole rings is 1. The van der Waals surface area contributed by atoms with Crippen LogP contribution in [0.5, 0.6) is 5.75 Å². The standard InChI is InChI=1S/C16H12BrFN2O/c17-9-4-7-11(14(21)8-9)16-19-15-12(18)2-1-3-13(15)20(16)10-5-6-10/h1-4,7-8,10,21H,5-6H2. The largest absolute Gasteiger partial charge is 0.507 e. The molecule has 1 saturated carbocycles. The van der Waals surface area contributed by atoms with Gasteiger partial charge in [-0.15, -0.1) is 0 Å². The van der Waals surface area contributed by atoms with E-state index >= 15 is 0 Å². The predicted octanol–water partition coefficient (Wildman–Crippen LogP) is 4.65. The topological polar surface area (TPSA) is 38.1 Å². The molecule has 2 aromatic carbocycles. The predicted molar refractivity (Wildman–Crippen MR) is 82.8 cm³/mol. The van der Waals surface area contributed by atoms with E-state index in [0.29, 0.717) is 22.9 Å². The van der Waals surface area contributed by atoms with Crippen LogP contribution in [0.3, 0.4) is 0 Å². The minimum absolute atomic E-state index is 0.141. The van der Waals surface area contributed by atoms with Crippen molar-refractivity contribution in [1.82, 2.24) is 9.55 Å². The minimum Gasteiger partial charge on any atom is -0.507 e. The Morgan fingerprint density at radius 3 is 2.76 bits per heavy atom. The lowest BCUT2D eigenvalue weighted by molar-refractivity contribution is 0.476. The number of hydrogen-bond acceptors (Lipinski definition) is 2. The number of benzene rings is 2. The van der Waals surface area contributed by atoms with Crippen LogP contribution in [0.25, 0.3) is 22.4 Å². The third kappa shape index (κ3) is 2.03. The molecular weight excluding hydrogens is 335 g/mol. The summed E-state index contributed by atoms with van der Waals surface area (Å²) < 4.78 is 16.8. The second-order valence-electron chi connectivity index (χ2n) is 5.31. The molecule has 3 aromatic rings. The highest BCUT2D eigenvalue weighted by Gasteiger charge is 2.30. The van der Waals surface area contributed by atoms with E-state index in [9.17, 15) is 9.50 Å². The van der Waals surface area contributed by atoms with Crippen molar-refractivity contribution in [1.29, 1.82) is 0 Å². The quantitative estimate of drug-likeness (QED) is 0.733. The highest BCUT2D eigenvalue weighted by atomic mass is 79.9. The van der Waals surface area contributed by atoms with Gasteiger partial charge in [-0.05, 0) is 43.2 Å². The zero-order valence-corrected chi connectivity index (χ0v) is 12.6. The third-order valence-electron chi connectivity index (χ3n) is 3.78. The fourth-order valence-corrected chi connectivity index (χ4v) is 3.02. The third-order valence-corrected chi connectivity index (χ3v) is 4.28. The molecule has 4 rings (SSSR count). The zero-order chi connectivity index (χ0) is 14.6. The summed E-state index contributed by atoms with van der Waals surface area (Å²) in [6.45, 7) is 0. The maximum Gasteiger partial charge on any atom is 0.151 e. The number of hydrogen-bond donors (Lipinski definition) is 1. The number of aromatic hydroxyl groups is 1. The first-order valence-corrected chi connectivity index (χ1v) is 7.60. The second kappa shape index (κ2) is 4.56. The fourth-order valence-electron chi connectivity index (χ4n) is 2.67. The van der Waals surface area contributed by atoms with Gasteiger partial charge in [0.15, 0.2) is 5.82 Å². The zero-order valence-electron chi connectivity index (χ0n) is 11.1. The van der Waals surface area contributed by atoms with Crippen LogP contribution in [0.4, 0.5) is 4.39 Å². The Labute approximate surface area is 129 Å². The Morgan fingerprint density at radius 2 is 2.05 bits per heavy atom. The number of rotatable bonds is 2. The Kier molecular flexibility index (Phi) is 2.79. The molecule has 1 fully saturated rings. The monoisotopic (exact) mass is 346 g/mol. The van der Waals surface area contributed by atoms with Crippen molar-refractivity contribution in [3.63, 3.8) is 0 Å². The number of fused-ring (bicyclic) bond motifs is 1. The van der Waals surface area contributed by atoms with E-state index in [1.807, 2.05) is 16.7 Å². The lowest BCUT2D eigenvalue weighted by atomic mass is 10.2. The number of para-hydroxylation sites is 1. The molecular formula is C16H12BrFN2O. The van der Waals surface area contributed by atoms with Crippen LogP contribution in [0, 0.1) is 5.82 Å². The summed E-state index contributed by atoms with van der Waals surface area (Å²) in [4.78, 5) is 4.45. The van der Waals surface area contributed by atoms with Gasteiger partial charge in [0.1, 0.15) is 17.1 Å². The van der Waals surface area contributed by atoms with Gasteiger partial charge in [-0.25, -0.2) is 9.37 Å². The molecule has 106 valence electrons. The summed E-state index contributed by atoms with van der Waals surface area (Å²) in [7, 11) is 0. The molecule has 1 aromatic heterocycles. The summed E-state index contributed by atoms with van der Waals surface area (Å²) in [5.74, 6) is 0.439. The first-order valence-electron chi connectivity index (χ1n) is 6.80. The highest BCUT2D eigenvalue weighted by Crippen LogP contribution is 2.43. The molecule has 3 nitrogen and oxygen atoms in total. The summed E-state index contributed by atoms with van der Waals surface area (Å²) in [5.41, 5.74) is 1.78. The first-order chi connectivity index (χ1) is 10.1. The van der Waals surface area contributed by atoms with Gasteiger partial charge in [0.2, 0.25) is 0 Å². The molecule has 0 atom stereocenters. The van der Waals surface area contributed by atoms with E-state index in [1.54, 1.807) is 18.2 Å². The molecule has 0 saturated heterocycles. The minimum atomic E-state index is -0.329. The fraction of sp³-hybridized carbons (Fsp3) is 0.188. The molecule has 1 N–H and O–H groups in total. The average Bonchev–Trinajstić information content (AvgIpc) is 3.20. The molecule has 0 aliphatic heterocycles. The number of aromatic nitrogens is 2. The molecule has 0 bridgehead atoms. The van der Waals surface area contributed by atoms with Crippen molar-refractivity contribution >= 4 is 27.0 Å². The van der Waals surface area contributed by atoms with Crippen molar-refractivity contribution < 1.29 is 9.50 Å². The van der Waals surface area contributed by atoms with Crippen LogP contribution in [-0.4, -0.2) is 14.7 Å². The van der Waals surface area contributed by atoms with E-state index in [2.05, 4.69) is 20.9 Å². The lowest BCUT2D eigenvalue weighted by Gasteiger charge is -2.09. The maximum absolute atomic E-state index is 14.0. The van der Waals surface area contributed by atoms with Crippen molar-refractivity contribution in [2.45, 2.75) is 18.9 Å². The Hall–Kier alpha value is -1.88. The number of halogens is 2. The summed E-state index contributed by atoms with van der Waals surface area (Å²) >= 11 is 3.33. The van der Waals surface area contributed by atoms with E-state index in [-0.39, 0.29) is 11.6 Å². The average molecular weight is 347 g/mol. The molecule has 0 unspecified atom stereocenters.